The Morgan fingerprint density at radius 1 is 1.12 bits per heavy atom. The minimum atomic E-state index is -4.61. The van der Waals surface area contributed by atoms with Crippen molar-refractivity contribution < 1.29 is 35.8 Å². The van der Waals surface area contributed by atoms with Crippen LogP contribution in [0.5, 0.6) is 11.5 Å². The quantitative estimate of drug-likeness (QED) is 0.290. The lowest BCUT2D eigenvalue weighted by Gasteiger charge is -2.20. The molecule has 0 amide bonds. The van der Waals surface area contributed by atoms with Gasteiger partial charge in [-0.25, -0.2) is 9.07 Å². The largest absolute Gasteiger partial charge is 0.586 e. The second-order valence-corrected chi connectivity index (χ2v) is 9.05. The summed E-state index contributed by atoms with van der Waals surface area (Å²) in [6.07, 6.45) is -6.88. The molecule has 0 bridgehead atoms. The van der Waals surface area contributed by atoms with Crippen molar-refractivity contribution in [2.75, 3.05) is 5.32 Å². The average molecular weight is 548 g/mol. The highest BCUT2D eigenvalue weighted by molar-refractivity contribution is 9.09. The normalized spacial score (nSPS) is 18.6. The van der Waals surface area contributed by atoms with Gasteiger partial charge in [0.2, 0.25) is 0 Å². The Balaban J connectivity index is 1.44. The smallest absolute Gasteiger partial charge is 0.395 e. The van der Waals surface area contributed by atoms with E-state index in [1.165, 1.54) is 35.0 Å². The molecule has 34 heavy (non-hydrogen) atoms. The Kier molecular flexibility index (Phi) is 5.45. The molecule has 0 fully saturated rings. The van der Waals surface area contributed by atoms with E-state index in [0.29, 0.717) is 24.1 Å². The Hall–Kier alpha value is -2.89. The van der Waals surface area contributed by atoms with Crippen molar-refractivity contribution in [2.24, 2.45) is 0 Å². The molecule has 1 unspecified atom stereocenters. The van der Waals surface area contributed by atoms with Crippen LogP contribution in [0.15, 0.2) is 36.4 Å². The first-order valence-corrected chi connectivity index (χ1v) is 11.2. The fourth-order valence-corrected chi connectivity index (χ4v) is 4.93. The number of aromatic nitrogens is 2. The lowest BCUT2D eigenvalue weighted by Crippen LogP contribution is -2.25. The van der Waals surface area contributed by atoms with E-state index in [9.17, 15) is 26.3 Å². The molecular weight excluding hydrogens is 532 g/mol. The van der Waals surface area contributed by atoms with Crippen LogP contribution >= 0.6 is 15.9 Å². The van der Waals surface area contributed by atoms with Gasteiger partial charge in [-0.3, -0.25) is 0 Å². The maximum absolute atomic E-state index is 14.5. The number of alkyl halides is 6. The van der Waals surface area contributed by atoms with Crippen molar-refractivity contribution in [3.05, 3.63) is 64.7 Å². The summed E-state index contributed by atoms with van der Waals surface area (Å²) in [4.78, 5) is -0.326. The summed E-state index contributed by atoms with van der Waals surface area (Å²) in [7, 11) is 0. The van der Waals surface area contributed by atoms with Gasteiger partial charge in [-0.1, -0.05) is 22.0 Å². The Bertz CT molecular complexity index is 1260. The van der Waals surface area contributed by atoms with E-state index in [-0.39, 0.29) is 46.2 Å². The first-order chi connectivity index (χ1) is 16.0. The number of hydrogen-bond acceptors (Lipinski definition) is 4. The molecule has 180 valence electrons. The summed E-state index contributed by atoms with van der Waals surface area (Å²) in [5.41, 5.74) is 0.362. The van der Waals surface area contributed by atoms with Crippen LogP contribution in [0.3, 0.4) is 0 Å². The van der Waals surface area contributed by atoms with Gasteiger partial charge < -0.3 is 14.8 Å². The lowest BCUT2D eigenvalue weighted by molar-refractivity contribution is -0.286. The summed E-state index contributed by atoms with van der Waals surface area (Å²) >= 11 is 3.45. The van der Waals surface area contributed by atoms with Crippen LogP contribution in [0.4, 0.5) is 32.0 Å². The zero-order valence-electron chi connectivity index (χ0n) is 17.2. The highest BCUT2D eigenvalue weighted by Gasteiger charge is 2.43. The first-order valence-electron chi connectivity index (χ1n) is 10.3. The van der Waals surface area contributed by atoms with Crippen molar-refractivity contribution in [1.82, 2.24) is 9.78 Å². The van der Waals surface area contributed by atoms with E-state index in [1.807, 2.05) is 0 Å². The molecule has 1 atom stereocenters. The third-order valence-electron chi connectivity index (χ3n) is 5.62. The fourth-order valence-electron chi connectivity index (χ4n) is 4.13. The van der Waals surface area contributed by atoms with Gasteiger partial charge in [0.1, 0.15) is 5.82 Å². The van der Waals surface area contributed by atoms with Crippen molar-refractivity contribution in [2.45, 2.75) is 43.1 Å². The van der Waals surface area contributed by atoms with E-state index >= 15 is 0 Å². The van der Waals surface area contributed by atoms with Crippen molar-refractivity contribution in [3.63, 3.8) is 0 Å². The number of nitrogens with one attached hydrogen (secondary N) is 1. The molecule has 2 heterocycles. The first kappa shape index (κ1) is 22.9. The van der Waals surface area contributed by atoms with Gasteiger partial charge in [-0.15, -0.1) is 8.78 Å². The summed E-state index contributed by atoms with van der Waals surface area (Å²) in [5.74, 6) is -0.900. The van der Waals surface area contributed by atoms with Crippen LogP contribution in [0.1, 0.15) is 40.2 Å². The van der Waals surface area contributed by atoms with Crippen LogP contribution in [0, 0.1) is 5.82 Å². The predicted molar refractivity (Wildman–Crippen MR) is 113 cm³/mol. The Morgan fingerprint density at radius 3 is 2.65 bits per heavy atom. The molecule has 0 saturated heterocycles. The minimum absolute atomic E-state index is 0.0141. The van der Waals surface area contributed by atoms with Gasteiger partial charge >= 0.3 is 12.5 Å². The van der Waals surface area contributed by atoms with E-state index < -0.39 is 24.0 Å². The maximum Gasteiger partial charge on any atom is 0.586 e. The number of fused-ring (bicyclic) bond motifs is 2. The molecule has 12 heteroatoms. The van der Waals surface area contributed by atoms with E-state index in [1.54, 1.807) is 0 Å². The van der Waals surface area contributed by atoms with Gasteiger partial charge in [0.05, 0.1) is 21.9 Å². The Morgan fingerprint density at radius 2 is 1.88 bits per heavy atom. The number of rotatable bonds is 4. The molecule has 0 radical (unpaired) electrons. The van der Waals surface area contributed by atoms with Crippen LogP contribution < -0.4 is 14.8 Å². The van der Waals surface area contributed by atoms with Gasteiger partial charge in [-0.05, 0) is 55.2 Å². The second kappa shape index (κ2) is 8.10. The molecule has 3 aromatic rings. The zero-order valence-corrected chi connectivity index (χ0v) is 18.8. The maximum atomic E-state index is 14.5. The topological polar surface area (TPSA) is 48.3 Å². The lowest BCUT2D eigenvalue weighted by atomic mass is 9.95. The summed E-state index contributed by atoms with van der Waals surface area (Å²) < 4.78 is 91.7. The monoisotopic (exact) mass is 547 g/mol. The van der Waals surface area contributed by atoms with Gasteiger partial charge in [0.25, 0.3) is 0 Å². The summed E-state index contributed by atoms with van der Waals surface area (Å²) in [6.45, 7) is 0.0364. The summed E-state index contributed by atoms with van der Waals surface area (Å²) in [5, 5.41) is 6.68. The molecule has 0 spiro atoms. The molecular formula is C22H16BrF6N3O2. The van der Waals surface area contributed by atoms with E-state index in [2.05, 4.69) is 35.8 Å². The highest BCUT2D eigenvalue weighted by atomic mass is 79.9. The molecule has 2 aliphatic rings. The van der Waals surface area contributed by atoms with E-state index in [4.69, 9.17) is 0 Å². The molecule has 2 aromatic carbocycles. The van der Waals surface area contributed by atoms with Gasteiger partial charge in [0.15, 0.2) is 17.2 Å². The van der Waals surface area contributed by atoms with Gasteiger partial charge in [-0.2, -0.15) is 18.3 Å². The standard InChI is InChI=1S/C22H16BrF6N3O2/c23-14-3-1-2-13-19(14)32(31-20(13)21(25,26)27)12-5-6-15(24)16(9-12)30-10-11-4-7-17-18(8-11)34-22(28,29)33-17/h4-9,14,30H,1-3,10H2. The number of ether oxygens (including phenoxy) is 2. The zero-order chi connectivity index (χ0) is 24.3. The predicted octanol–water partition coefficient (Wildman–Crippen LogP) is 6.74. The van der Waals surface area contributed by atoms with Crippen LogP contribution in [0.25, 0.3) is 5.69 Å². The number of hydrogen-bond donors (Lipinski definition) is 1. The second-order valence-electron chi connectivity index (χ2n) is 7.95. The molecule has 5 rings (SSSR count). The minimum Gasteiger partial charge on any atom is -0.395 e. The molecule has 1 aliphatic carbocycles. The molecule has 0 saturated carbocycles. The van der Waals surface area contributed by atoms with Crippen LogP contribution in [0.2, 0.25) is 0 Å². The third-order valence-corrected chi connectivity index (χ3v) is 6.51. The number of halogens is 7. The van der Waals surface area contributed by atoms with E-state index in [0.717, 1.165) is 6.07 Å². The van der Waals surface area contributed by atoms with Crippen LogP contribution in [-0.2, 0) is 19.1 Å². The molecule has 1 aromatic heterocycles. The number of anilines is 1. The number of benzene rings is 2. The number of nitrogens with zero attached hydrogens (tertiary/aromatic N) is 2. The van der Waals surface area contributed by atoms with Gasteiger partial charge in [0, 0.05) is 12.1 Å². The van der Waals surface area contributed by atoms with Crippen molar-refractivity contribution in [3.8, 4) is 17.2 Å². The SMILES string of the molecule is Fc1ccc(-n2nc(C(F)(F)F)c3c2C(Br)CCC3)cc1NCc1ccc2c(c1)OC(F)(F)O2. The van der Waals surface area contributed by atoms with Crippen LogP contribution in [-0.4, -0.2) is 16.1 Å². The highest BCUT2D eigenvalue weighted by Crippen LogP contribution is 2.44. The molecule has 1 N–H and O–H groups in total. The van der Waals surface area contributed by atoms with Crippen molar-refractivity contribution in [1.29, 1.82) is 0 Å². The molecule has 5 nitrogen and oxygen atoms in total. The third kappa shape index (κ3) is 4.19. The van der Waals surface area contributed by atoms with Crippen molar-refractivity contribution >= 4 is 21.6 Å². The Labute approximate surface area is 197 Å². The summed E-state index contributed by atoms with van der Waals surface area (Å²) in [6, 6.07) is 7.99. The fraction of sp³-hybridized carbons (Fsp3) is 0.318. The average Bonchev–Trinajstić information content (AvgIpc) is 3.30. The molecule has 1 aliphatic heterocycles.